The molecule has 0 aromatic heterocycles. The van der Waals surface area contributed by atoms with E-state index in [0.29, 0.717) is 0 Å². The fourth-order valence-electron chi connectivity index (χ4n) is 7.39. The first-order valence-electron chi connectivity index (χ1n) is 17.4. The number of rotatable bonds is 8. The number of carbonyl (C=O) groups is 7. The quantitative estimate of drug-likeness (QED) is 0.225. The van der Waals surface area contributed by atoms with Crippen LogP contribution in [-0.2, 0) is 61.9 Å². The molecule has 0 saturated heterocycles. The Hall–Kier alpha value is -5.05. The van der Waals surface area contributed by atoms with Gasteiger partial charge in [0.2, 0.25) is 0 Å². The monoisotopic (exact) mass is 758 g/mol. The lowest BCUT2D eigenvalue weighted by Crippen LogP contribution is -2.63. The largest absolute Gasteiger partial charge is 0.458 e. The molecule has 9 atom stereocenters. The van der Waals surface area contributed by atoms with E-state index >= 15 is 0 Å². The molecular formula is C39H50O15. The van der Waals surface area contributed by atoms with Crippen LogP contribution in [0.4, 0.5) is 0 Å². The molecule has 2 aliphatic carbocycles. The second kappa shape index (κ2) is 17.4. The number of esters is 7. The zero-order valence-electron chi connectivity index (χ0n) is 32.5. The highest BCUT2D eigenvalue weighted by molar-refractivity contribution is 5.89. The van der Waals surface area contributed by atoms with Crippen LogP contribution in [0.3, 0.4) is 0 Å². The minimum absolute atomic E-state index is 0.00227. The zero-order valence-corrected chi connectivity index (χ0v) is 32.5. The topological polar surface area (TPSA) is 204 Å². The highest BCUT2D eigenvalue weighted by atomic mass is 16.6. The maximum atomic E-state index is 13.8. The Balaban J connectivity index is 2.63. The molecule has 0 spiro atoms. The third kappa shape index (κ3) is 9.54. The van der Waals surface area contributed by atoms with E-state index in [1.54, 1.807) is 45.0 Å². The zero-order chi connectivity index (χ0) is 40.9. The van der Waals surface area contributed by atoms with Gasteiger partial charge >= 0.3 is 41.8 Å². The molecule has 0 aliphatic heterocycles. The number of fused-ring (bicyclic) bond motifs is 1. The van der Waals surface area contributed by atoms with Crippen LogP contribution in [0, 0.1) is 17.3 Å². The van der Waals surface area contributed by atoms with Crippen LogP contribution in [0.1, 0.15) is 92.9 Å². The van der Waals surface area contributed by atoms with Crippen molar-refractivity contribution in [1.82, 2.24) is 0 Å². The van der Waals surface area contributed by atoms with Crippen molar-refractivity contribution in [3.05, 3.63) is 58.9 Å². The fraction of sp³-hybridized carbons (Fsp3) is 0.564. The Morgan fingerprint density at radius 3 is 1.74 bits per heavy atom. The second-order valence-electron chi connectivity index (χ2n) is 14.4. The average molecular weight is 759 g/mol. The molecule has 15 nitrogen and oxygen atoms in total. The van der Waals surface area contributed by atoms with E-state index in [1.165, 1.54) is 26.0 Å². The first-order chi connectivity index (χ1) is 25.0. The van der Waals surface area contributed by atoms with Gasteiger partial charge in [0.1, 0.15) is 6.10 Å². The summed E-state index contributed by atoms with van der Waals surface area (Å²) < 4.78 is 41.3. The van der Waals surface area contributed by atoms with Crippen LogP contribution in [0.15, 0.2) is 53.3 Å². The van der Waals surface area contributed by atoms with E-state index in [1.807, 2.05) is 0 Å². The summed E-state index contributed by atoms with van der Waals surface area (Å²) in [5.74, 6) is -9.22. The second-order valence-corrected chi connectivity index (χ2v) is 14.4. The first kappa shape index (κ1) is 43.4. The molecule has 0 amide bonds. The van der Waals surface area contributed by atoms with Gasteiger partial charge in [0, 0.05) is 52.9 Å². The standard InChI is InChI=1S/C39H50O15/c1-19-17-18-38(10,11)36(52-26(8)44)33(49-23(5)41)32(48-22(4)40)20(2)30(46)29-31(53-37(47)28-15-13-12-14-16-28)21(3)35(51-25(7)43)39(29,54-27(9)45)34(19)50-24(6)42/h12-17,21,29-31,33-36,46H,18H2,1-11H3/b19-17+,32-20+/t21-,29+,30-,31+,33+,34-,35+,36-,39-/m1/s1. The third-order valence-corrected chi connectivity index (χ3v) is 9.55. The maximum absolute atomic E-state index is 13.8. The summed E-state index contributed by atoms with van der Waals surface area (Å²) in [6.45, 7) is 14.3. The minimum atomic E-state index is -2.33. The predicted octanol–water partition coefficient (Wildman–Crippen LogP) is 4.08. The Bertz CT molecular complexity index is 1690. The molecule has 1 fully saturated rings. The van der Waals surface area contributed by atoms with Crippen molar-refractivity contribution in [3.63, 3.8) is 0 Å². The number of allylic oxidation sites excluding steroid dienone is 1. The third-order valence-electron chi connectivity index (χ3n) is 9.55. The normalized spacial score (nSPS) is 31.7. The van der Waals surface area contributed by atoms with Crippen molar-refractivity contribution in [2.75, 3.05) is 0 Å². The van der Waals surface area contributed by atoms with Crippen LogP contribution in [-0.4, -0.2) is 89.1 Å². The van der Waals surface area contributed by atoms with Crippen molar-refractivity contribution in [3.8, 4) is 0 Å². The van der Waals surface area contributed by atoms with E-state index < -0.39 is 107 Å². The molecule has 1 saturated carbocycles. The number of carbonyl (C=O) groups excluding carboxylic acids is 7. The molecule has 0 radical (unpaired) electrons. The van der Waals surface area contributed by atoms with E-state index in [9.17, 15) is 38.7 Å². The van der Waals surface area contributed by atoms with Crippen LogP contribution in [0.5, 0.6) is 0 Å². The molecule has 1 aromatic rings. The molecule has 296 valence electrons. The summed E-state index contributed by atoms with van der Waals surface area (Å²) >= 11 is 0. The van der Waals surface area contributed by atoms with Gasteiger partial charge in [0.25, 0.3) is 0 Å². The SMILES string of the molecule is CC(=O)O/C1=C(\C)[C@@H](O)[C@H]2[C@@H](OC(=O)c3ccccc3)[C@@H](C)[C@H](OC(C)=O)[C@]2(OC(C)=O)[C@H](OC(C)=O)/C(C)=C/CC(C)(C)[C@H](OC(C)=O)[C@H]1OC(C)=O. The molecule has 54 heavy (non-hydrogen) atoms. The molecule has 1 aromatic carbocycles. The number of aliphatic hydroxyl groups excluding tert-OH is 1. The van der Waals surface area contributed by atoms with Crippen molar-refractivity contribution >= 4 is 41.8 Å². The molecule has 0 bridgehead atoms. The summed E-state index contributed by atoms with van der Waals surface area (Å²) in [6, 6.07) is 7.86. The molecule has 0 unspecified atom stereocenters. The van der Waals surface area contributed by atoms with E-state index in [4.69, 9.17) is 33.2 Å². The molecule has 1 N–H and O–H groups in total. The van der Waals surface area contributed by atoms with Gasteiger partial charge in [0.05, 0.1) is 17.6 Å². The Morgan fingerprint density at radius 2 is 1.24 bits per heavy atom. The van der Waals surface area contributed by atoms with Gasteiger partial charge in [-0.1, -0.05) is 45.0 Å². The predicted molar refractivity (Wildman–Crippen MR) is 188 cm³/mol. The van der Waals surface area contributed by atoms with Crippen LogP contribution < -0.4 is 0 Å². The van der Waals surface area contributed by atoms with E-state index in [2.05, 4.69) is 0 Å². The average Bonchev–Trinajstić information content (AvgIpc) is 3.27. The fourth-order valence-corrected chi connectivity index (χ4v) is 7.39. The summed E-state index contributed by atoms with van der Waals surface area (Å²) in [5.41, 5.74) is -3.36. The number of aliphatic hydroxyl groups is 1. The van der Waals surface area contributed by atoms with E-state index in [0.717, 1.165) is 41.5 Å². The van der Waals surface area contributed by atoms with E-state index in [-0.39, 0.29) is 23.1 Å². The Labute approximate surface area is 314 Å². The molecular weight excluding hydrogens is 708 g/mol. The molecule has 15 heteroatoms. The van der Waals surface area contributed by atoms with Crippen molar-refractivity contribution in [2.45, 2.75) is 125 Å². The van der Waals surface area contributed by atoms with Crippen molar-refractivity contribution < 1.29 is 71.8 Å². The lowest BCUT2D eigenvalue weighted by molar-refractivity contribution is -0.220. The summed E-state index contributed by atoms with van der Waals surface area (Å²) in [4.78, 5) is 90.9. The summed E-state index contributed by atoms with van der Waals surface area (Å²) in [6.07, 6.45) is -8.01. The maximum Gasteiger partial charge on any atom is 0.338 e. The molecule has 3 rings (SSSR count). The number of hydrogen-bond acceptors (Lipinski definition) is 15. The number of ether oxygens (including phenoxy) is 7. The van der Waals surface area contributed by atoms with Crippen LogP contribution >= 0.6 is 0 Å². The lowest BCUT2D eigenvalue weighted by Gasteiger charge is -2.46. The van der Waals surface area contributed by atoms with Gasteiger partial charge < -0.3 is 38.3 Å². The number of hydrogen-bond donors (Lipinski definition) is 1. The highest BCUT2D eigenvalue weighted by Crippen LogP contribution is 2.54. The first-order valence-corrected chi connectivity index (χ1v) is 17.4. The van der Waals surface area contributed by atoms with Gasteiger partial charge in [-0.3, -0.25) is 28.8 Å². The van der Waals surface area contributed by atoms with Gasteiger partial charge in [-0.2, -0.15) is 0 Å². The number of benzene rings is 1. The lowest BCUT2D eigenvalue weighted by atomic mass is 9.72. The van der Waals surface area contributed by atoms with Gasteiger partial charge in [-0.05, 0) is 43.5 Å². The Kier molecular flexibility index (Phi) is 14.0. The Morgan fingerprint density at radius 1 is 0.704 bits per heavy atom. The summed E-state index contributed by atoms with van der Waals surface area (Å²) in [5, 5.41) is 12.7. The van der Waals surface area contributed by atoms with Crippen LogP contribution in [0.2, 0.25) is 0 Å². The van der Waals surface area contributed by atoms with Crippen molar-refractivity contribution in [1.29, 1.82) is 0 Å². The van der Waals surface area contributed by atoms with Gasteiger partial charge in [-0.15, -0.1) is 0 Å². The highest BCUT2D eigenvalue weighted by Gasteiger charge is 2.72. The summed E-state index contributed by atoms with van der Waals surface area (Å²) in [7, 11) is 0. The molecule has 0 heterocycles. The molecule has 2 aliphatic rings. The van der Waals surface area contributed by atoms with Crippen molar-refractivity contribution in [2.24, 2.45) is 17.3 Å². The van der Waals surface area contributed by atoms with Crippen LogP contribution in [0.25, 0.3) is 0 Å². The smallest absolute Gasteiger partial charge is 0.338 e. The minimum Gasteiger partial charge on any atom is -0.458 e. The van der Waals surface area contributed by atoms with Gasteiger partial charge in [-0.25, -0.2) is 4.79 Å². The van der Waals surface area contributed by atoms with Gasteiger partial charge in [0.15, 0.2) is 35.8 Å².